The molecule has 1 aromatic carbocycles. The molecule has 0 saturated heterocycles. The maximum absolute atomic E-state index is 6.16. The van der Waals surface area contributed by atoms with Crippen molar-refractivity contribution in [2.24, 2.45) is 0 Å². The van der Waals surface area contributed by atoms with Crippen LogP contribution in [0.1, 0.15) is 22.8 Å². The van der Waals surface area contributed by atoms with Gasteiger partial charge in [-0.1, -0.05) is 53.3 Å². The number of aromatic nitrogens is 6. The summed E-state index contributed by atoms with van der Waals surface area (Å²) in [7, 11) is 0. The summed E-state index contributed by atoms with van der Waals surface area (Å²) in [6.45, 7) is 3.92. The number of rotatable bonds is 6. The minimum Gasteiger partial charge on any atom is -0.415 e. The molecular formula is C17H15ClN6OS2. The van der Waals surface area contributed by atoms with Crippen LogP contribution in [0.3, 0.4) is 0 Å². The van der Waals surface area contributed by atoms with Gasteiger partial charge in [-0.2, -0.15) is 4.98 Å². The average molecular weight is 419 g/mol. The van der Waals surface area contributed by atoms with Gasteiger partial charge in [-0.3, -0.25) is 0 Å². The normalized spacial score (nSPS) is 11.4. The molecule has 0 amide bonds. The number of hydrogen-bond acceptors (Lipinski definition) is 8. The highest BCUT2D eigenvalue weighted by atomic mass is 35.5. The third kappa shape index (κ3) is 4.26. The fourth-order valence-corrected chi connectivity index (χ4v) is 4.17. The lowest BCUT2D eigenvalue weighted by Gasteiger charge is -2.00. The van der Waals surface area contributed by atoms with Crippen molar-refractivity contribution in [2.75, 3.05) is 0 Å². The Morgan fingerprint density at radius 3 is 2.78 bits per heavy atom. The molecule has 0 fully saturated rings. The van der Waals surface area contributed by atoms with E-state index in [1.807, 2.05) is 44.2 Å². The quantitative estimate of drug-likeness (QED) is 0.427. The van der Waals surface area contributed by atoms with Crippen molar-refractivity contribution in [3.63, 3.8) is 0 Å². The highest BCUT2D eigenvalue weighted by Crippen LogP contribution is 2.27. The van der Waals surface area contributed by atoms with E-state index in [2.05, 4.69) is 25.3 Å². The van der Waals surface area contributed by atoms with E-state index in [-0.39, 0.29) is 0 Å². The lowest BCUT2D eigenvalue weighted by Crippen LogP contribution is -1.97. The van der Waals surface area contributed by atoms with E-state index >= 15 is 0 Å². The predicted molar refractivity (Wildman–Crippen MR) is 105 cm³/mol. The Morgan fingerprint density at radius 1 is 1.07 bits per heavy atom. The first-order valence-corrected chi connectivity index (χ1v) is 10.5. The zero-order valence-electron chi connectivity index (χ0n) is 14.6. The number of halogens is 1. The number of hydrogen-bond donors (Lipinski definition) is 0. The Morgan fingerprint density at radius 2 is 1.93 bits per heavy atom. The van der Waals surface area contributed by atoms with Crippen LogP contribution in [-0.4, -0.2) is 29.8 Å². The molecule has 138 valence electrons. The minimum absolute atomic E-state index is 0.495. The van der Waals surface area contributed by atoms with Crippen molar-refractivity contribution < 1.29 is 4.42 Å². The molecule has 0 aliphatic heterocycles. The fourth-order valence-electron chi connectivity index (χ4n) is 2.45. The molecule has 0 aliphatic rings. The van der Waals surface area contributed by atoms with E-state index in [4.69, 9.17) is 16.0 Å². The van der Waals surface area contributed by atoms with E-state index in [1.54, 1.807) is 4.52 Å². The van der Waals surface area contributed by atoms with E-state index < -0.39 is 0 Å². The van der Waals surface area contributed by atoms with Crippen molar-refractivity contribution >= 4 is 40.9 Å². The Hall–Kier alpha value is -2.10. The first-order valence-electron chi connectivity index (χ1n) is 8.11. The van der Waals surface area contributed by atoms with E-state index in [9.17, 15) is 0 Å². The molecule has 0 spiro atoms. The molecule has 10 heteroatoms. The molecule has 0 radical (unpaired) electrons. The van der Waals surface area contributed by atoms with E-state index in [0.29, 0.717) is 33.6 Å². The highest BCUT2D eigenvalue weighted by molar-refractivity contribution is 7.98. The van der Waals surface area contributed by atoms with Gasteiger partial charge in [-0.15, -0.1) is 15.3 Å². The number of benzene rings is 1. The van der Waals surface area contributed by atoms with Crippen LogP contribution in [0, 0.1) is 13.8 Å². The molecule has 4 rings (SSSR count). The molecule has 0 atom stereocenters. The SMILES string of the molecule is Cc1cc(C)n2nc(SCc3nnc(SCc4ccccc4Cl)o3)nc2n1. The molecule has 0 N–H and O–H groups in total. The molecule has 3 heterocycles. The molecule has 27 heavy (non-hydrogen) atoms. The summed E-state index contributed by atoms with van der Waals surface area (Å²) >= 11 is 9.06. The molecule has 0 bridgehead atoms. The first kappa shape index (κ1) is 18.3. The van der Waals surface area contributed by atoms with Crippen molar-refractivity contribution in [3.8, 4) is 0 Å². The summed E-state index contributed by atoms with van der Waals surface area (Å²) in [5.74, 6) is 2.29. The molecule has 7 nitrogen and oxygen atoms in total. The number of fused-ring (bicyclic) bond motifs is 1. The zero-order valence-corrected chi connectivity index (χ0v) is 17.0. The summed E-state index contributed by atoms with van der Waals surface area (Å²) < 4.78 is 7.41. The predicted octanol–water partition coefficient (Wildman–Crippen LogP) is 4.36. The smallest absolute Gasteiger partial charge is 0.276 e. The number of thioether (sulfide) groups is 2. The Labute approximate surface area is 169 Å². The second kappa shape index (κ2) is 7.87. The summed E-state index contributed by atoms with van der Waals surface area (Å²) in [4.78, 5) is 8.82. The summed E-state index contributed by atoms with van der Waals surface area (Å²) in [6, 6.07) is 9.68. The maximum Gasteiger partial charge on any atom is 0.276 e. The second-order valence-corrected chi connectivity index (χ2v) is 8.05. The molecular weight excluding hydrogens is 404 g/mol. The lowest BCUT2D eigenvalue weighted by atomic mass is 10.2. The van der Waals surface area contributed by atoms with Crippen LogP contribution < -0.4 is 0 Å². The second-order valence-electron chi connectivity index (χ2n) is 5.78. The van der Waals surface area contributed by atoms with Gasteiger partial charge >= 0.3 is 0 Å². The third-order valence-electron chi connectivity index (χ3n) is 3.68. The maximum atomic E-state index is 6.16. The van der Waals surface area contributed by atoms with Crippen molar-refractivity contribution in [1.82, 2.24) is 29.8 Å². The minimum atomic E-state index is 0.495. The molecule has 0 unspecified atom stereocenters. The first-order chi connectivity index (χ1) is 13.1. The van der Waals surface area contributed by atoms with Gasteiger partial charge in [-0.05, 0) is 31.5 Å². The fraction of sp³-hybridized carbons (Fsp3) is 0.235. The molecule has 0 saturated carbocycles. The molecule has 4 aromatic rings. The highest BCUT2D eigenvalue weighted by Gasteiger charge is 2.12. The van der Waals surface area contributed by atoms with Crippen molar-refractivity contribution in [1.29, 1.82) is 0 Å². The van der Waals surface area contributed by atoms with Crippen molar-refractivity contribution in [3.05, 3.63) is 58.2 Å². The topological polar surface area (TPSA) is 82.0 Å². The standard InChI is InChI=1S/C17H15ClN6OS2/c1-10-7-11(2)24-15(19-10)20-16(23-24)26-9-14-21-22-17(25-14)27-8-12-5-3-4-6-13(12)18/h3-7H,8-9H2,1-2H3. The lowest BCUT2D eigenvalue weighted by molar-refractivity contribution is 0.426. The van der Waals surface area contributed by atoms with Crippen LogP contribution in [0.15, 0.2) is 45.1 Å². The number of nitrogens with zero attached hydrogens (tertiary/aromatic N) is 6. The van der Waals surface area contributed by atoms with Gasteiger partial charge in [0.15, 0.2) is 0 Å². The van der Waals surface area contributed by atoms with Crippen LogP contribution in [0.4, 0.5) is 0 Å². The Bertz CT molecular complexity index is 1100. The van der Waals surface area contributed by atoms with E-state index in [0.717, 1.165) is 22.0 Å². The van der Waals surface area contributed by atoms with Gasteiger partial charge in [0.05, 0.1) is 5.75 Å². The van der Waals surface area contributed by atoms with Gasteiger partial charge in [-0.25, -0.2) is 9.50 Å². The number of aryl methyl sites for hydroxylation is 2. The van der Waals surface area contributed by atoms with Crippen LogP contribution >= 0.6 is 35.1 Å². The molecule has 0 aliphatic carbocycles. The van der Waals surface area contributed by atoms with Crippen molar-refractivity contribution in [2.45, 2.75) is 35.7 Å². The van der Waals surface area contributed by atoms with Gasteiger partial charge in [0.2, 0.25) is 11.0 Å². The monoisotopic (exact) mass is 418 g/mol. The van der Waals surface area contributed by atoms with Crippen LogP contribution in [0.25, 0.3) is 5.78 Å². The summed E-state index contributed by atoms with van der Waals surface area (Å²) in [5, 5.41) is 14.5. The Balaban J connectivity index is 1.38. The van der Waals surface area contributed by atoms with Gasteiger partial charge in [0, 0.05) is 22.2 Å². The van der Waals surface area contributed by atoms with Gasteiger partial charge in [0.25, 0.3) is 11.0 Å². The van der Waals surface area contributed by atoms with Crippen LogP contribution in [0.5, 0.6) is 0 Å². The van der Waals surface area contributed by atoms with Crippen LogP contribution in [-0.2, 0) is 11.5 Å². The summed E-state index contributed by atoms with van der Waals surface area (Å²) in [6.07, 6.45) is 0. The summed E-state index contributed by atoms with van der Waals surface area (Å²) in [5.41, 5.74) is 2.94. The molecule has 3 aromatic heterocycles. The Kier molecular flexibility index (Phi) is 5.33. The zero-order chi connectivity index (χ0) is 18.8. The largest absolute Gasteiger partial charge is 0.415 e. The average Bonchev–Trinajstić information content (AvgIpc) is 3.26. The van der Waals surface area contributed by atoms with Crippen LogP contribution in [0.2, 0.25) is 5.02 Å². The third-order valence-corrected chi connectivity index (χ3v) is 5.74. The van der Waals surface area contributed by atoms with Gasteiger partial charge in [0.1, 0.15) is 0 Å². The van der Waals surface area contributed by atoms with E-state index in [1.165, 1.54) is 23.5 Å². The van der Waals surface area contributed by atoms with Gasteiger partial charge < -0.3 is 4.42 Å².